The Morgan fingerprint density at radius 2 is 1.95 bits per heavy atom. The maximum absolute atomic E-state index is 12.0. The van der Waals surface area contributed by atoms with Crippen LogP contribution in [0.25, 0.3) is 0 Å². The quantitative estimate of drug-likeness (QED) is 0.725. The van der Waals surface area contributed by atoms with E-state index in [2.05, 4.69) is 31.0 Å². The van der Waals surface area contributed by atoms with Gasteiger partial charge in [0, 0.05) is 30.3 Å². The number of carbonyl (C=O) groups excluding carboxylic acids is 1. The number of nitrogens with zero attached hydrogens (tertiary/aromatic N) is 1. The number of carbonyl (C=O) groups is 1. The lowest BCUT2D eigenvalue weighted by atomic mass is 10.2. The first-order valence-corrected chi connectivity index (χ1v) is 7.82. The van der Waals surface area contributed by atoms with Gasteiger partial charge in [0.1, 0.15) is 4.99 Å². The molecule has 21 heavy (non-hydrogen) atoms. The van der Waals surface area contributed by atoms with Gasteiger partial charge in [-0.1, -0.05) is 26.1 Å². The van der Waals surface area contributed by atoms with Crippen LogP contribution in [0.1, 0.15) is 39.2 Å². The van der Waals surface area contributed by atoms with E-state index >= 15 is 0 Å². The van der Waals surface area contributed by atoms with Gasteiger partial charge >= 0.3 is 0 Å². The predicted octanol–water partition coefficient (Wildman–Crippen LogP) is 2.77. The summed E-state index contributed by atoms with van der Waals surface area (Å²) in [6.07, 6.45) is 1.59. The fourth-order valence-electron chi connectivity index (χ4n) is 2.13. The second kappa shape index (κ2) is 8.74. The Morgan fingerprint density at radius 3 is 2.43 bits per heavy atom. The van der Waals surface area contributed by atoms with E-state index in [1.54, 1.807) is 0 Å². The molecule has 1 aromatic carbocycles. The topological polar surface area (TPSA) is 58.4 Å². The van der Waals surface area contributed by atoms with Crippen LogP contribution < -0.4 is 11.1 Å². The predicted molar refractivity (Wildman–Crippen MR) is 92.6 cm³/mol. The summed E-state index contributed by atoms with van der Waals surface area (Å²) < 4.78 is 0. The summed E-state index contributed by atoms with van der Waals surface area (Å²) in [5.41, 5.74) is 7.11. The molecule has 0 aliphatic heterocycles. The number of anilines is 1. The van der Waals surface area contributed by atoms with E-state index in [1.165, 1.54) is 0 Å². The van der Waals surface area contributed by atoms with E-state index < -0.39 is 0 Å². The first kappa shape index (κ1) is 17.6. The molecule has 0 fully saturated rings. The Morgan fingerprint density at radius 1 is 1.33 bits per heavy atom. The first-order chi connectivity index (χ1) is 9.97. The molecule has 1 rings (SSSR count). The van der Waals surface area contributed by atoms with Gasteiger partial charge in [0.25, 0.3) is 0 Å². The van der Waals surface area contributed by atoms with Crippen molar-refractivity contribution in [3.63, 3.8) is 0 Å². The van der Waals surface area contributed by atoms with Crippen LogP contribution in [0.5, 0.6) is 0 Å². The van der Waals surface area contributed by atoms with Gasteiger partial charge in [-0.3, -0.25) is 4.79 Å². The molecule has 0 saturated heterocycles. The highest BCUT2D eigenvalue weighted by atomic mass is 32.1. The van der Waals surface area contributed by atoms with Crippen LogP contribution in [0.2, 0.25) is 0 Å². The van der Waals surface area contributed by atoms with Gasteiger partial charge in [0.05, 0.1) is 0 Å². The maximum Gasteiger partial charge on any atom is 0.225 e. The number of nitrogens with one attached hydrogen (secondary N) is 1. The molecule has 3 N–H and O–H groups in total. The second-order valence-corrected chi connectivity index (χ2v) is 5.57. The zero-order valence-electron chi connectivity index (χ0n) is 13.1. The number of thiocarbonyl (C=S) groups is 1. The summed E-state index contributed by atoms with van der Waals surface area (Å²) in [5, 5.41) is 2.89. The number of hydrogen-bond acceptors (Lipinski definition) is 3. The van der Waals surface area contributed by atoms with E-state index in [-0.39, 0.29) is 5.91 Å². The summed E-state index contributed by atoms with van der Waals surface area (Å²) in [4.78, 5) is 14.7. The molecule has 0 aliphatic carbocycles. The summed E-state index contributed by atoms with van der Waals surface area (Å²) >= 11 is 4.90. The molecule has 4 nitrogen and oxygen atoms in total. The molecule has 5 heteroatoms. The number of hydrogen-bond donors (Lipinski definition) is 2. The third-order valence-electron chi connectivity index (χ3n) is 3.70. The smallest absolute Gasteiger partial charge is 0.225 e. The van der Waals surface area contributed by atoms with Gasteiger partial charge in [0.2, 0.25) is 5.91 Å². The third-order valence-corrected chi connectivity index (χ3v) is 3.94. The summed E-state index contributed by atoms with van der Waals surface area (Å²) in [6, 6.07) is 7.77. The fraction of sp³-hybridized carbons (Fsp3) is 0.500. The molecule has 1 unspecified atom stereocenters. The highest BCUT2D eigenvalue weighted by molar-refractivity contribution is 7.80. The maximum atomic E-state index is 12.0. The zero-order chi connectivity index (χ0) is 15.8. The lowest BCUT2D eigenvalue weighted by Gasteiger charge is -2.26. The van der Waals surface area contributed by atoms with Gasteiger partial charge in [-0.2, -0.15) is 0 Å². The number of nitrogens with two attached hydrogens (primary N) is 1. The van der Waals surface area contributed by atoms with Gasteiger partial charge in [-0.05, 0) is 44.2 Å². The van der Waals surface area contributed by atoms with Gasteiger partial charge in [-0.25, -0.2) is 0 Å². The SMILES string of the molecule is CCC(C)N(CC)CCC(=O)Nc1ccc(C(N)=S)cc1. The van der Waals surface area contributed by atoms with E-state index in [0.29, 0.717) is 17.5 Å². The van der Waals surface area contributed by atoms with Gasteiger partial charge < -0.3 is 16.0 Å². The fourth-order valence-corrected chi connectivity index (χ4v) is 2.27. The van der Waals surface area contributed by atoms with Crippen molar-refractivity contribution in [3.8, 4) is 0 Å². The van der Waals surface area contributed by atoms with Crippen molar-refractivity contribution in [2.24, 2.45) is 5.73 Å². The Hall–Kier alpha value is -1.46. The molecule has 116 valence electrons. The standard InChI is InChI=1S/C16H25N3OS/c1-4-12(3)19(5-2)11-10-15(20)18-14-8-6-13(7-9-14)16(17)21/h6-9,12H,4-5,10-11H2,1-3H3,(H2,17,21)(H,18,20). The highest BCUT2D eigenvalue weighted by Crippen LogP contribution is 2.10. The van der Waals surface area contributed by atoms with Crippen molar-refractivity contribution in [1.82, 2.24) is 4.90 Å². The van der Waals surface area contributed by atoms with Crippen molar-refractivity contribution in [3.05, 3.63) is 29.8 Å². The molecule has 0 heterocycles. The van der Waals surface area contributed by atoms with E-state index in [4.69, 9.17) is 18.0 Å². The first-order valence-electron chi connectivity index (χ1n) is 7.41. The Bertz CT molecular complexity index is 473. The van der Waals surface area contributed by atoms with Crippen molar-refractivity contribution in [2.75, 3.05) is 18.4 Å². The minimum absolute atomic E-state index is 0.0276. The number of benzene rings is 1. The molecule has 1 aromatic rings. The lowest BCUT2D eigenvalue weighted by molar-refractivity contribution is -0.116. The molecular formula is C16H25N3OS. The van der Waals surface area contributed by atoms with Crippen molar-refractivity contribution < 1.29 is 4.79 Å². The Kier molecular flexibility index (Phi) is 7.32. The average Bonchev–Trinajstić information content (AvgIpc) is 2.48. The Labute approximate surface area is 132 Å². The lowest BCUT2D eigenvalue weighted by Crippen LogP contribution is -2.35. The minimum Gasteiger partial charge on any atom is -0.389 e. The van der Waals surface area contributed by atoms with E-state index in [9.17, 15) is 4.79 Å². The molecule has 0 radical (unpaired) electrons. The summed E-state index contributed by atoms with van der Waals surface area (Å²) in [6.45, 7) is 8.22. The van der Waals surface area contributed by atoms with E-state index in [0.717, 1.165) is 30.8 Å². The number of amides is 1. The average molecular weight is 307 g/mol. The molecule has 1 amide bonds. The molecule has 0 bridgehead atoms. The molecule has 0 aromatic heterocycles. The largest absolute Gasteiger partial charge is 0.389 e. The van der Waals surface area contributed by atoms with Gasteiger partial charge in [-0.15, -0.1) is 0 Å². The normalized spacial score (nSPS) is 12.2. The van der Waals surface area contributed by atoms with Gasteiger partial charge in [0.15, 0.2) is 0 Å². The monoisotopic (exact) mass is 307 g/mol. The molecule has 0 aliphatic rings. The highest BCUT2D eigenvalue weighted by Gasteiger charge is 2.12. The van der Waals surface area contributed by atoms with E-state index in [1.807, 2.05) is 24.3 Å². The van der Waals surface area contributed by atoms with Crippen LogP contribution in [-0.4, -0.2) is 34.9 Å². The van der Waals surface area contributed by atoms with Crippen molar-refractivity contribution in [2.45, 2.75) is 39.7 Å². The zero-order valence-corrected chi connectivity index (χ0v) is 13.9. The third kappa shape index (κ3) is 5.81. The van der Waals surface area contributed by atoms with Crippen LogP contribution in [0, 0.1) is 0 Å². The van der Waals surface area contributed by atoms with Crippen molar-refractivity contribution >= 4 is 28.8 Å². The minimum atomic E-state index is 0.0276. The number of rotatable bonds is 8. The molecular weight excluding hydrogens is 282 g/mol. The van der Waals surface area contributed by atoms with Crippen molar-refractivity contribution in [1.29, 1.82) is 0 Å². The summed E-state index contributed by atoms with van der Waals surface area (Å²) in [7, 11) is 0. The summed E-state index contributed by atoms with van der Waals surface area (Å²) in [5.74, 6) is 0.0276. The Balaban J connectivity index is 2.48. The van der Waals surface area contributed by atoms with Crippen LogP contribution >= 0.6 is 12.2 Å². The van der Waals surface area contributed by atoms with Crippen LogP contribution in [-0.2, 0) is 4.79 Å². The molecule has 1 atom stereocenters. The van der Waals surface area contributed by atoms with Crippen LogP contribution in [0.15, 0.2) is 24.3 Å². The second-order valence-electron chi connectivity index (χ2n) is 5.13. The molecule has 0 spiro atoms. The molecule has 0 saturated carbocycles. The van der Waals surface area contributed by atoms with Crippen LogP contribution in [0.3, 0.4) is 0 Å². The van der Waals surface area contributed by atoms with Crippen LogP contribution in [0.4, 0.5) is 5.69 Å².